The number of nitrogens with one attached hydrogen (secondary N) is 1. The quantitative estimate of drug-likeness (QED) is 0.565. The van der Waals surface area contributed by atoms with Gasteiger partial charge in [0.15, 0.2) is 0 Å². The second-order valence-corrected chi connectivity index (χ2v) is 7.47. The molecular weight excluding hydrogens is 312 g/mol. The number of hydrogen-bond donors (Lipinski definition) is 2. The second kappa shape index (κ2) is 7.98. The van der Waals surface area contributed by atoms with Gasteiger partial charge in [0, 0.05) is 18.8 Å². The summed E-state index contributed by atoms with van der Waals surface area (Å²) in [4.78, 5) is -0.00514. The number of ether oxygens (including phenoxy) is 1. The van der Waals surface area contributed by atoms with Gasteiger partial charge in [-0.1, -0.05) is 25.4 Å². The molecule has 1 aromatic carbocycles. The number of nitrogen functional groups attached to an aromatic ring is 1. The van der Waals surface area contributed by atoms with E-state index in [0.717, 1.165) is 12.0 Å². The van der Waals surface area contributed by atoms with Gasteiger partial charge in [-0.15, -0.1) is 0 Å². The average Bonchev–Trinajstić information content (AvgIpc) is 2.37. The normalized spacial score (nSPS) is 12.0. The molecule has 0 radical (unpaired) electrons. The molecule has 1 rings (SSSR count). The molecule has 0 fully saturated rings. The SMILES string of the molecule is Cc1cc(Cl)c(S(=O)(=O)NCCOCCC(C)C)cc1N. The van der Waals surface area contributed by atoms with Crippen molar-refractivity contribution >= 4 is 27.3 Å². The molecule has 21 heavy (non-hydrogen) atoms. The Morgan fingerprint density at radius 2 is 2.00 bits per heavy atom. The Balaban J connectivity index is 2.56. The summed E-state index contributed by atoms with van der Waals surface area (Å²) >= 11 is 5.98. The molecule has 0 heterocycles. The first-order chi connectivity index (χ1) is 9.74. The molecule has 1 aromatic rings. The van der Waals surface area contributed by atoms with Crippen molar-refractivity contribution < 1.29 is 13.2 Å². The minimum absolute atomic E-state index is 0.00514. The molecule has 0 aliphatic carbocycles. The highest BCUT2D eigenvalue weighted by Gasteiger charge is 2.18. The highest BCUT2D eigenvalue weighted by atomic mass is 35.5. The van der Waals surface area contributed by atoms with Gasteiger partial charge in [-0.25, -0.2) is 13.1 Å². The topological polar surface area (TPSA) is 81.4 Å². The first-order valence-corrected chi connectivity index (χ1v) is 8.73. The molecule has 0 bridgehead atoms. The first kappa shape index (κ1) is 18.2. The lowest BCUT2D eigenvalue weighted by Gasteiger charge is -2.11. The molecule has 5 nitrogen and oxygen atoms in total. The number of sulfonamides is 1. The van der Waals surface area contributed by atoms with E-state index in [2.05, 4.69) is 18.6 Å². The molecule has 0 spiro atoms. The molecule has 0 aliphatic rings. The number of aryl methyl sites for hydroxylation is 1. The summed E-state index contributed by atoms with van der Waals surface area (Å²) in [5, 5.41) is 0.162. The zero-order valence-electron chi connectivity index (χ0n) is 12.6. The number of hydrogen-bond acceptors (Lipinski definition) is 4. The van der Waals surface area contributed by atoms with Gasteiger partial charge in [0.1, 0.15) is 4.90 Å². The molecule has 120 valence electrons. The van der Waals surface area contributed by atoms with Crippen molar-refractivity contribution in [2.75, 3.05) is 25.5 Å². The van der Waals surface area contributed by atoms with E-state index in [0.29, 0.717) is 24.8 Å². The fraction of sp³-hybridized carbons (Fsp3) is 0.571. The maximum Gasteiger partial charge on any atom is 0.242 e. The van der Waals surface area contributed by atoms with Crippen LogP contribution >= 0.6 is 11.6 Å². The third-order valence-electron chi connectivity index (χ3n) is 2.99. The summed E-state index contributed by atoms with van der Waals surface area (Å²) in [6.07, 6.45) is 0.951. The molecule has 3 N–H and O–H groups in total. The third kappa shape index (κ3) is 5.82. The average molecular weight is 335 g/mol. The van der Waals surface area contributed by atoms with E-state index in [9.17, 15) is 8.42 Å². The molecular formula is C14H23ClN2O3S. The molecule has 0 saturated heterocycles. The molecule has 0 atom stereocenters. The smallest absolute Gasteiger partial charge is 0.242 e. The van der Waals surface area contributed by atoms with Crippen LogP contribution in [0.1, 0.15) is 25.8 Å². The zero-order valence-corrected chi connectivity index (χ0v) is 14.2. The van der Waals surface area contributed by atoms with Crippen LogP contribution in [0.15, 0.2) is 17.0 Å². The highest BCUT2D eigenvalue weighted by Crippen LogP contribution is 2.26. The second-order valence-electron chi connectivity index (χ2n) is 5.33. The Hall–Kier alpha value is -0.820. The summed E-state index contributed by atoms with van der Waals surface area (Å²) in [5.41, 5.74) is 6.88. The number of benzene rings is 1. The van der Waals surface area contributed by atoms with Gasteiger partial charge in [-0.05, 0) is 37.0 Å². The van der Waals surface area contributed by atoms with Gasteiger partial charge in [-0.2, -0.15) is 0 Å². The van der Waals surface area contributed by atoms with Gasteiger partial charge in [-0.3, -0.25) is 0 Å². The fourth-order valence-electron chi connectivity index (χ4n) is 1.62. The van der Waals surface area contributed by atoms with Crippen molar-refractivity contribution in [2.24, 2.45) is 5.92 Å². The first-order valence-electron chi connectivity index (χ1n) is 6.87. The van der Waals surface area contributed by atoms with Crippen molar-refractivity contribution in [1.82, 2.24) is 4.72 Å². The van der Waals surface area contributed by atoms with E-state index in [-0.39, 0.29) is 16.5 Å². The van der Waals surface area contributed by atoms with E-state index in [1.165, 1.54) is 6.07 Å². The summed E-state index contributed by atoms with van der Waals surface area (Å²) < 4.78 is 32.1. The van der Waals surface area contributed by atoms with Crippen LogP contribution in [0.25, 0.3) is 0 Å². The van der Waals surface area contributed by atoms with Crippen molar-refractivity contribution in [3.63, 3.8) is 0 Å². The molecule has 0 amide bonds. The Kier molecular flexibility index (Phi) is 6.93. The molecule has 0 aliphatic heterocycles. The number of anilines is 1. The van der Waals surface area contributed by atoms with Crippen LogP contribution < -0.4 is 10.5 Å². The summed E-state index contributed by atoms with van der Waals surface area (Å²) in [6, 6.07) is 2.92. The predicted octanol–water partition coefficient (Wildman–Crippen LogP) is 2.57. The Morgan fingerprint density at radius 3 is 2.62 bits per heavy atom. The lowest BCUT2D eigenvalue weighted by Crippen LogP contribution is -2.28. The summed E-state index contributed by atoms with van der Waals surface area (Å²) in [7, 11) is -3.68. The Morgan fingerprint density at radius 1 is 1.33 bits per heavy atom. The fourth-order valence-corrected chi connectivity index (χ4v) is 3.25. The number of rotatable bonds is 8. The van der Waals surface area contributed by atoms with Crippen LogP contribution in [0.2, 0.25) is 5.02 Å². The van der Waals surface area contributed by atoms with E-state index < -0.39 is 10.0 Å². The minimum atomic E-state index is -3.68. The van der Waals surface area contributed by atoms with Crippen molar-refractivity contribution in [2.45, 2.75) is 32.1 Å². The number of halogens is 1. The van der Waals surface area contributed by atoms with Crippen LogP contribution in [0.4, 0.5) is 5.69 Å². The maximum absolute atomic E-state index is 12.2. The van der Waals surface area contributed by atoms with E-state index in [4.69, 9.17) is 22.1 Å². The standard InChI is InChI=1S/C14H23ClN2O3S/c1-10(2)4-6-20-7-5-17-21(18,19)14-9-13(16)11(3)8-12(14)15/h8-10,17H,4-7,16H2,1-3H3. The van der Waals surface area contributed by atoms with Crippen LogP contribution in [-0.2, 0) is 14.8 Å². The predicted molar refractivity (Wildman–Crippen MR) is 86.1 cm³/mol. The van der Waals surface area contributed by atoms with Gasteiger partial charge in [0.05, 0.1) is 11.6 Å². The van der Waals surface area contributed by atoms with Gasteiger partial charge < -0.3 is 10.5 Å². The molecule has 7 heteroatoms. The molecule has 0 saturated carbocycles. The van der Waals surface area contributed by atoms with Crippen LogP contribution in [0.5, 0.6) is 0 Å². The van der Waals surface area contributed by atoms with Crippen LogP contribution in [0.3, 0.4) is 0 Å². The van der Waals surface area contributed by atoms with E-state index in [1.54, 1.807) is 13.0 Å². The molecule has 0 unspecified atom stereocenters. The van der Waals surface area contributed by atoms with Crippen LogP contribution in [-0.4, -0.2) is 28.2 Å². The Bertz CT molecular complexity index is 574. The van der Waals surface area contributed by atoms with Crippen LogP contribution in [0, 0.1) is 12.8 Å². The van der Waals surface area contributed by atoms with Crippen molar-refractivity contribution in [1.29, 1.82) is 0 Å². The van der Waals surface area contributed by atoms with Gasteiger partial charge in [0.25, 0.3) is 0 Å². The lowest BCUT2D eigenvalue weighted by atomic mass is 10.1. The lowest BCUT2D eigenvalue weighted by molar-refractivity contribution is 0.128. The Labute approximate surface area is 131 Å². The molecule has 0 aromatic heterocycles. The highest BCUT2D eigenvalue weighted by molar-refractivity contribution is 7.89. The monoisotopic (exact) mass is 334 g/mol. The van der Waals surface area contributed by atoms with E-state index >= 15 is 0 Å². The van der Waals surface area contributed by atoms with Crippen molar-refractivity contribution in [3.05, 3.63) is 22.7 Å². The maximum atomic E-state index is 12.2. The summed E-state index contributed by atoms with van der Waals surface area (Å²) in [5.74, 6) is 0.566. The van der Waals surface area contributed by atoms with E-state index in [1.807, 2.05) is 0 Å². The third-order valence-corrected chi connectivity index (χ3v) is 4.91. The zero-order chi connectivity index (χ0) is 16.0. The minimum Gasteiger partial charge on any atom is -0.398 e. The van der Waals surface area contributed by atoms with Crippen molar-refractivity contribution in [3.8, 4) is 0 Å². The van der Waals surface area contributed by atoms with Gasteiger partial charge >= 0.3 is 0 Å². The number of nitrogens with two attached hydrogens (primary N) is 1. The largest absolute Gasteiger partial charge is 0.398 e. The van der Waals surface area contributed by atoms with Gasteiger partial charge in [0.2, 0.25) is 10.0 Å². The summed E-state index contributed by atoms with van der Waals surface area (Å²) in [6.45, 7) is 7.13.